The van der Waals surface area contributed by atoms with E-state index in [1.54, 1.807) is 62.4 Å². The number of hydrogen-bond acceptors (Lipinski definition) is 2. The van der Waals surface area contributed by atoms with Gasteiger partial charge in [0.05, 0.1) is 10.7 Å². The summed E-state index contributed by atoms with van der Waals surface area (Å²) in [5, 5.41) is 6.27. The van der Waals surface area contributed by atoms with Gasteiger partial charge in [0.15, 0.2) is 0 Å². The molecule has 0 spiro atoms. The highest BCUT2D eigenvalue weighted by Crippen LogP contribution is 2.26. The van der Waals surface area contributed by atoms with Crippen LogP contribution < -0.4 is 10.6 Å². The van der Waals surface area contributed by atoms with Gasteiger partial charge in [0.1, 0.15) is 5.41 Å². The van der Waals surface area contributed by atoms with Gasteiger partial charge in [-0.05, 0) is 44.2 Å². The van der Waals surface area contributed by atoms with Crippen molar-refractivity contribution >= 4 is 46.4 Å². The van der Waals surface area contributed by atoms with Gasteiger partial charge in [0.25, 0.3) is 0 Å². The summed E-state index contributed by atoms with van der Waals surface area (Å²) in [6, 6.07) is 13.6. The SMILES string of the molecule is CC(C)(C(=O)Nc1cccc(Cl)c1)C(=O)Nc1ccccc1Cl. The zero-order chi connectivity index (χ0) is 17.0. The Labute approximate surface area is 144 Å². The smallest absolute Gasteiger partial charge is 0.239 e. The van der Waals surface area contributed by atoms with E-state index in [0.717, 1.165) is 0 Å². The largest absolute Gasteiger partial charge is 0.325 e. The second kappa shape index (κ2) is 7.02. The Balaban J connectivity index is 2.11. The van der Waals surface area contributed by atoms with E-state index >= 15 is 0 Å². The van der Waals surface area contributed by atoms with Crippen molar-refractivity contribution in [3.63, 3.8) is 0 Å². The molecule has 6 heteroatoms. The molecule has 2 rings (SSSR count). The first-order chi connectivity index (χ1) is 10.8. The van der Waals surface area contributed by atoms with E-state index in [4.69, 9.17) is 23.2 Å². The summed E-state index contributed by atoms with van der Waals surface area (Å²) in [5.41, 5.74) is -0.300. The third-order valence-electron chi connectivity index (χ3n) is 3.34. The van der Waals surface area contributed by atoms with Crippen LogP contribution in [-0.2, 0) is 9.59 Å². The molecule has 2 N–H and O–H groups in total. The number of halogens is 2. The number of hydrogen-bond donors (Lipinski definition) is 2. The van der Waals surface area contributed by atoms with E-state index in [-0.39, 0.29) is 0 Å². The first-order valence-corrected chi connectivity index (χ1v) is 7.69. The van der Waals surface area contributed by atoms with E-state index in [1.807, 2.05) is 0 Å². The maximum atomic E-state index is 12.4. The van der Waals surface area contributed by atoms with E-state index in [2.05, 4.69) is 10.6 Å². The first kappa shape index (κ1) is 17.3. The normalized spacial score (nSPS) is 11.0. The van der Waals surface area contributed by atoms with Crippen molar-refractivity contribution in [2.24, 2.45) is 5.41 Å². The number of benzene rings is 2. The molecule has 4 nitrogen and oxygen atoms in total. The summed E-state index contributed by atoms with van der Waals surface area (Å²) < 4.78 is 0. The average molecular weight is 351 g/mol. The van der Waals surface area contributed by atoms with Crippen LogP contribution in [0.15, 0.2) is 48.5 Å². The van der Waals surface area contributed by atoms with E-state index < -0.39 is 17.2 Å². The second-order valence-corrected chi connectivity index (χ2v) is 6.37. The van der Waals surface area contributed by atoms with Crippen LogP contribution in [0.25, 0.3) is 0 Å². The van der Waals surface area contributed by atoms with E-state index in [1.165, 1.54) is 0 Å². The molecule has 2 aromatic carbocycles. The van der Waals surface area contributed by atoms with Crippen LogP contribution in [0, 0.1) is 5.41 Å². The van der Waals surface area contributed by atoms with Crippen molar-refractivity contribution in [3.05, 3.63) is 58.6 Å². The molecule has 2 amide bonds. The van der Waals surface area contributed by atoms with Gasteiger partial charge in [-0.25, -0.2) is 0 Å². The lowest BCUT2D eigenvalue weighted by molar-refractivity contribution is -0.135. The molecular weight excluding hydrogens is 335 g/mol. The molecule has 2 aromatic rings. The van der Waals surface area contributed by atoms with Crippen LogP contribution >= 0.6 is 23.2 Å². The summed E-state index contributed by atoms with van der Waals surface area (Å²) in [4.78, 5) is 24.8. The van der Waals surface area contributed by atoms with Gasteiger partial charge < -0.3 is 10.6 Å². The van der Waals surface area contributed by atoms with Crippen LogP contribution in [-0.4, -0.2) is 11.8 Å². The van der Waals surface area contributed by atoms with Gasteiger partial charge in [0, 0.05) is 10.7 Å². The molecule has 0 aromatic heterocycles. The summed E-state index contributed by atoms with van der Waals surface area (Å²) in [6.07, 6.45) is 0. The summed E-state index contributed by atoms with van der Waals surface area (Å²) >= 11 is 11.9. The molecule has 0 radical (unpaired) electrons. The molecule has 0 saturated heterocycles. The number of carbonyl (C=O) groups excluding carboxylic acids is 2. The van der Waals surface area contributed by atoms with Gasteiger partial charge in [-0.15, -0.1) is 0 Å². The predicted molar refractivity (Wildman–Crippen MR) is 93.9 cm³/mol. The third kappa shape index (κ3) is 4.24. The molecule has 120 valence electrons. The van der Waals surface area contributed by atoms with E-state index in [0.29, 0.717) is 21.4 Å². The van der Waals surface area contributed by atoms with Gasteiger partial charge in [0.2, 0.25) is 11.8 Å². The van der Waals surface area contributed by atoms with Crippen molar-refractivity contribution < 1.29 is 9.59 Å². The number of anilines is 2. The Kier molecular flexibility index (Phi) is 5.29. The molecule has 0 aliphatic carbocycles. The van der Waals surface area contributed by atoms with Gasteiger partial charge in [-0.2, -0.15) is 0 Å². The van der Waals surface area contributed by atoms with Crippen molar-refractivity contribution in [2.45, 2.75) is 13.8 Å². The molecule has 0 atom stereocenters. The zero-order valence-electron chi connectivity index (χ0n) is 12.7. The second-order valence-electron chi connectivity index (χ2n) is 5.52. The average Bonchev–Trinajstić information content (AvgIpc) is 2.49. The summed E-state index contributed by atoms with van der Waals surface area (Å²) in [7, 11) is 0. The molecule has 0 bridgehead atoms. The summed E-state index contributed by atoms with van der Waals surface area (Å²) in [6.45, 7) is 3.08. The van der Waals surface area contributed by atoms with Gasteiger partial charge in [-0.1, -0.05) is 41.4 Å². The minimum absolute atomic E-state index is 0.409. The molecular formula is C17H16Cl2N2O2. The Bertz CT molecular complexity index is 745. The first-order valence-electron chi connectivity index (χ1n) is 6.93. The van der Waals surface area contributed by atoms with Crippen molar-refractivity contribution in [1.29, 1.82) is 0 Å². The van der Waals surface area contributed by atoms with Crippen molar-refractivity contribution in [1.82, 2.24) is 0 Å². The molecule has 0 unspecified atom stereocenters. The molecule has 0 aliphatic heterocycles. The molecule has 0 fully saturated rings. The number of carbonyl (C=O) groups is 2. The maximum absolute atomic E-state index is 12.4. The molecule has 23 heavy (non-hydrogen) atoms. The van der Waals surface area contributed by atoms with Crippen LogP contribution in [0.4, 0.5) is 11.4 Å². The van der Waals surface area contributed by atoms with Crippen LogP contribution in [0.1, 0.15) is 13.8 Å². The minimum atomic E-state index is -1.29. The highest BCUT2D eigenvalue weighted by atomic mass is 35.5. The number of amides is 2. The topological polar surface area (TPSA) is 58.2 Å². The fourth-order valence-electron chi connectivity index (χ4n) is 1.80. The van der Waals surface area contributed by atoms with Crippen LogP contribution in [0.2, 0.25) is 10.0 Å². The van der Waals surface area contributed by atoms with Crippen LogP contribution in [0.3, 0.4) is 0 Å². The predicted octanol–water partition coefficient (Wildman–Crippen LogP) is 4.60. The Hall–Kier alpha value is -2.04. The fraction of sp³-hybridized carbons (Fsp3) is 0.176. The zero-order valence-corrected chi connectivity index (χ0v) is 14.2. The van der Waals surface area contributed by atoms with E-state index in [9.17, 15) is 9.59 Å². The van der Waals surface area contributed by atoms with Crippen molar-refractivity contribution in [2.75, 3.05) is 10.6 Å². The fourth-order valence-corrected chi connectivity index (χ4v) is 2.17. The lowest BCUT2D eigenvalue weighted by atomic mass is 9.90. The monoisotopic (exact) mass is 350 g/mol. The quantitative estimate of drug-likeness (QED) is 0.791. The summed E-state index contributed by atoms with van der Waals surface area (Å²) in [5.74, 6) is -0.894. The number of nitrogens with one attached hydrogen (secondary N) is 2. The van der Waals surface area contributed by atoms with Crippen molar-refractivity contribution in [3.8, 4) is 0 Å². The Morgan fingerprint density at radius 1 is 0.913 bits per heavy atom. The lowest BCUT2D eigenvalue weighted by Crippen LogP contribution is -2.41. The number of rotatable bonds is 4. The van der Waals surface area contributed by atoms with Crippen LogP contribution in [0.5, 0.6) is 0 Å². The third-order valence-corrected chi connectivity index (χ3v) is 3.90. The lowest BCUT2D eigenvalue weighted by Gasteiger charge is -2.23. The minimum Gasteiger partial charge on any atom is -0.325 e. The van der Waals surface area contributed by atoms with Gasteiger partial charge in [-0.3, -0.25) is 9.59 Å². The molecule has 0 aliphatic rings. The highest BCUT2D eigenvalue weighted by Gasteiger charge is 2.36. The molecule has 0 saturated carbocycles. The van der Waals surface area contributed by atoms with Gasteiger partial charge >= 0.3 is 0 Å². The highest BCUT2D eigenvalue weighted by molar-refractivity contribution is 6.34. The molecule has 0 heterocycles. The number of para-hydroxylation sites is 1. The standard InChI is InChI=1S/C17H16Cl2N2O2/c1-17(2,15(22)20-12-7-5-6-11(18)10-12)16(23)21-14-9-4-3-8-13(14)19/h3-10H,1-2H3,(H,20,22)(H,21,23). The Morgan fingerprint density at radius 2 is 1.57 bits per heavy atom. The maximum Gasteiger partial charge on any atom is 0.239 e. The Morgan fingerprint density at radius 3 is 2.22 bits per heavy atom.